The molecular weight excluding hydrogens is 188 g/mol. The predicted octanol–water partition coefficient (Wildman–Crippen LogP) is 1.31. The van der Waals surface area contributed by atoms with Crippen LogP contribution in [0.4, 0.5) is 5.69 Å². The van der Waals surface area contributed by atoms with Gasteiger partial charge in [0, 0.05) is 12.2 Å². The van der Waals surface area contributed by atoms with E-state index in [9.17, 15) is 4.79 Å². The van der Waals surface area contributed by atoms with Gasteiger partial charge in [0.2, 0.25) is 5.91 Å². The zero-order valence-electron chi connectivity index (χ0n) is 8.94. The SMILES string of the molecule is CCN1C(=O)[C@@H](N)CCc2ccccc21. The summed E-state index contributed by atoms with van der Waals surface area (Å²) in [4.78, 5) is 13.7. The number of aryl methyl sites for hydroxylation is 1. The fourth-order valence-corrected chi connectivity index (χ4v) is 2.07. The third-order valence-corrected chi connectivity index (χ3v) is 2.91. The smallest absolute Gasteiger partial charge is 0.243 e. The standard InChI is InChI=1S/C12H16N2O/c1-2-14-11-6-4-3-5-9(11)7-8-10(13)12(14)15/h3-6,10H,2,7-8,13H2,1H3/t10-/m0/s1. The Morgan fingerprint density at radius 1 is 1.47 bits per heavy atom. The second kappa shape index (κ2) is 4.03. The van der Waals surface area contributed by atoms with Gasteiger partial charge < -0.3 is 10.6 Å². The summed E-state index contributed by atoms with van der Waals surface area (Å²) in [6, 6.07) is 7.69. The Hall–Kier alpha value is -1.35. The second-order valence-corrected chi connectivity index (χ2v) is 3.86. The Labute approximate surface area is 89.9 Å². The van der Waals surface area contributed by atoms with Crippen molar-refractivity contribution in [2.45, 2.75) is 25.8 Å². The van der Waals surface area contributed by atoms with Crippen LogP contribution in [0, 0.1) is 0 Å². The molecule has 0 saturated heterocycles. The molecule has 1 atom stereocenters. The van der Waals surface area contributed by atoms with Crippen LogP contribution in [0.5, 0.6) is 0 Å². The van der Waals surface area contributed by atoms with Crippen LogP contribution in [0.15, 0.2) is 24.3 Å². The first-order chi connectivity index (χ1) is 7.24. The van der Waals surface area contributed by atoms with E-state index >= 15 is 0 Å². The molecule has 0 fully saturated rings. The maximum atomic E-state index is 11.9. The molecule has 0 radical (unpaired) electrons. The molecule has 2 rings (SSSR count). The zero-order chi connectivity index (χ0) is 10.8. The molecule has 1 heterocycles. The third-order valence-electron chi connectivity index (χ3n) is 2.91. The molecule has 0 saturated carbocycles. The summed E-state index contributed by atoms with van der Waals surface area (Å²) >= 11 is 0. The van der Waals surface area contributed by atoms with Gasteiger partial charge in [0.1, 0.15) is 0 Å². The minimum Gasteiger partial charge on any atom is -0.320 e. The van der Waals surface area contributed by atoms with E-state index in [1.807, 2.05) is 25.1 Å². The fraction of sp³-hybridized carbons (Fsp3) is 0.417. The van der Waals surface area contributed by atoms with Gasteiger partial charge in [-0.2, -0.15) is 0 Å². The van der Waals surface area contributed by atoms with E-state index in [1.165, 1.54) is 5.56 Å². The van der Waals surface area contributed by atoms with Crippen molar-refractivity contribution in [3.8, 4) is 0 Å². The average molecular weight is 204 g/mol. The van der Waals surface area contributed by atoms with Gasteiger partial charge in [0.05, 0.1) is 6.04 Å². The molecule has 1 aromatic rings. The van der Waals surface area contributed by atoms with E-state index in [1.54, 1.807) is 4.90 Å². The van der Waals surface area contributed by atoms with Crippen molar-refractivity contribution < 1.29 is 4.79 Å². The summed E-state index contributed by atoms with van der Waals surface area (Å²) in [5, 5.41) is 0. The van der Waals surface area contributed by atoms with Gasteiger partial charge in [0.15, 0.2) is 0 Å². The Morgan fingerprint density at radius 2 is 2.20 bits per heavy atom. The minimum atomic E-state index is -0.350. The van der Waals surface area contributed by atoms with Gasteiger partial charge in [0.25, 0.3) is 0 Å². The highest BCUT2D eigenvalue weighted by molar-refractivity contribution is 5.98. The van der Waals surface area contributed by atoms with Crippen LogP contribution < -0.4 is 10.6 Å². The Morgan fingerprint density at radius 3 is 2.93 bits per heavy atom. The predicted molar refractivity (Wildman–Crippen MR) is 60.8 cm³/mol. The van der Waals surface area contributed by atoms with Gasteiger partial charge in [-0.3, -0.25) is 4.79 Å². The lowest BCUT2D eigenvalue weighted by Gasteiger charge is -2.22. The molecule has 1 aliphatic heterocycles. The average Bonchev–Trinajstić information content (AvgIpc) is 2.38. The van der Waals surface area contributed by atoms with Crippen LogP contribution in [-0.2, 0) is 11.2 Å². The van der Waals surface area contributed by atoms with Gasteiger partial charge >= 0.3 is 0 Å². The molecule has 3 heteroatoms. The van der Waals surface area contributed by atoms with Gasteiger partial charge in [-0.15, -0.1) is 0 Å². The van der Waals surface area contributed by atoms with E-state index in [2.05, 4.69) is 6.07 Å². The molecular formula is C12H16N2O. The first-order valence-corrected chi connectivity index (χ1v) is 5.39. The van der Waals surface area contributed by atoms with E-state index < -0.39 is 0 Å². The molecule has 3 nitrogen and oxygen atoms in total. The highest BCUT2D eigenvalue weighted by Gasteiger charge is 2.26. The van der Waals surface area contributed by atoms with Crippen molar-refractivity contribution in [3.63, 3.8) is 0 Å². The molecule has 2 N–H and O–H groups in total. The molecule has 15 heavy (non-hydrogen) atoms. The summed E-state index contributed by atoms with van der Waals surface area (Å²) < 4.78 is 0. The highest BCUT2D eigenvalue weighted by Crippen LogP contribution is 2.25. The van der Waals surface area contributed by atoms with Crippen molar-refractivity contribution in [1.29, 1.82) is 0 Å². The maximum Gasteiger partial charge on any atom is 0.243 e. The molecule has 1 aliphatic rings. The number of hydrogen-bond donors (Lipinski definition) is 1. The van der Waals surface area contributed by atoms with Crippen LogP contribution in [0.25, 0.3) is 0 Å². The topological polar surface area (TPSA) is 46.3 Å². The largest absolute Gasteiger partial charge is 0.320 e. The number of nitrogens with zero attached hydrogens (tertiary/aromatic N) is 1. The lowest BCUT2D eigenvalue weighted by Crippen LogP contribution is -2.42. The van der Waals surface area contributed by atoms with Gasteiger partial charge in [-0.25, -0.2) is 0 Å². The number of benzene rings is 1. The number of carbonyl (C=O) groups excluding carboxylic acids is 1. The Balaban J connectivity index is 2.45. The number of fused-ring (bicyclic) bond motifs is 1. The van der Waals surface area contributed by atoms with Crippen molar-refractivity contribution in [1.82, 2.24) is 0 Å². The normalized spacial score (nSPS) is 21.1. The summed E-state index contributed by atoms with van der Waals surface area (Å²) in [7, 11) is 0. The maximum absolute atomic E-state index is 11.9. The van der Waals surface area contributed by atoms with E-state index in [-0.39, 0.29) is 11.9 Å². The molecule has 0 unspecified atom stereocenters. The quantitative estimate of drug-likeness (QED) is 0.749. The van der Waals surface area contributed by atoms with Crippen LogP contribution >= 0.6 is 0 Å². The first-order valence-electron chi connectivity index (χ1n) is 5.39. The zero-order valence-corrected chi connectivity index (χ0v) is 8.94. The third kappa shape index (κ3) is 1.75. The van der Waals surface area contributed by atoms with Crippen molar-refractivity contribution in [2.75, 3.05) is 11.4 Å². The first kappa shape index (κ1) is 10.2. The molecule has 80 valence electrons. The van der Waals surface area contributed by atoms with Crippen LogP contribution in [0.2, 0.25) is 0 Å². The number of amides is 1. The molecule has 0 aromatic heterocycles. The van der Waals surface area contributed by atoms with Crippen LogP contribution in [-0.4, -0.2) is 18.5 Å². The Bertz CT molecular complexity index is 376. The van der Waals surface area contributed by atoms with Gasteiger partial charge in [-0.1, -0.05) is 18.2 Å². The van der Waals surface area contributed by atoms with E-state index in [0.717, 1.165) is 18.5 Å². The molecule has 1 aromatic carbocycles. The monoisotopic (exact) mass is 204 g/mol. The number of likely N-dealkylation sites (N-methyl/N-ethyl adjacent to an activating group) is 1. The van der Waals surface area contributed by atoms with Crippen molar-refractivity contribution >= 4 is 11.6 Å². The molecule has 0 bridgehead atoms. The highest BCUT2D eigenvalue weighted by atomic mass is 16.2. The molecule has 0 aliphatic carbocycles. The number of carbonyl (C=O) groups is 1. The number of para-hydroxylation sites is 1. The Kier molecular flexibility index (Phi) is 2.73. The summed E-state index contributed by atoms with van der Waals surface area (Å²) in [6.07, 6.45) is 1.63. The fourth-order valence-electron chi connectivity index (χ4n) is 2.07. The summed E-state index contributed by atoms with van der Waals surface area (Å²) in [6.45, 7) is 2.66. The minimum absolute atomic E-state index is 0.0439. The van der Waals surface area contributed by atoms with E-state index in [4.69, 9.17) is 5.73 Å². The van der Waals surface area contributed by atoms with Crippen LogP contribution in [0.1, 0.15) is 18.9 Å². The number of anilines is 1. The van der Waals surface area contributed by atoms with Crippen molar-refractivity contribution in [3.05, 3.63) is 29.8 Å². The van der Waals surface area contributed by atoms with E-state index in [0.29, 0.717) is 6.54 Å². The lowest BCUT2D eigenvalue weighted by molar-refractivity contribution is -0.119. The molecule has 1 amide bonds. The summed E-state index contributed by atoms with van der Waals surface area (Å²) in [5.41, 5.74) is 8.08. The number of rotatable bonds is 1. The van der Waals surface area contributed by atoms with Crippen molar-refractivity contribution in [2.24, 2.45) is 5.73 Å². The van der Waals surface area contributed by atoms with Crippen LogP contribution in [0.3, 0.4) is 0 Å². The van der Waals surface area contributed by atoms with Gasteiger partial charge in [-0.05, 0) is 31.4 Å². The second-order valence-electron chi connectivity index (χ2n) is 3.86. The number of nitrogens with two attached hydrogens (primary N) is 1. The summed E-state index contributed by atoms with van der Waals surface area (Å²) in [5.74, 6) is 0.0439. The number of hydrogen-bond acceptors (Lipinski definition) is 2. The molecule has 0 spiro atoms. The lowest BCUT2D eigenvalue weighted by atomic mass is 10.1.